The van der Waals surface area contributed by atoms with E-state index in [2.05, 4.69) is 4.98 Å². The molecule has 2 heterocycles. The van der Waals surface area contributed by atoms with Gasteiger partial charge in [-0.25, -0.2) is 0 Å². The van der Waals surface area contributed by atoms with Crippen molar-refractivity contribution in [3.8, 4) is 5.75 Å². The van der Waals surface area contributed by atoms with E-state index in [9.17, 15) is 5.11 Å². The molecule has 1 aliphatic rings. The lowest BCUT2D eigenvalue weighted by atomic mass is 10.00. The summed E-state index contributed by atoms with van der Waals surface area (Å²) in [5.74, 6) is 0.643. The van der Waals surface area contributed by atoms with Crippen molar-refractivity contribution in [1.29, 1.82) is 0 Å². The van der Waals surface area contributed by atoms with Crippen LogP contribution in [0.5, 0.6) is 5.75 Å². The Morgan fingerprint density at radius 1 is 1.25 bits per heavy atom. The van der Waals surface area contributed by atoms with Crippen molar-refractivity contribution in [2.75, 3.05) is 13.2 Å². The molecular formula is C17H18Cl2N2O3. The van der Waals surface area contributed by atoms with Crippen LogP contribution >= 0.6 is 23.2 Å². The van der Waals surface area contributed by atoms with Crippen LogP contribution < -0.4 is 10.5 Å². The van der Waals surface area contributed by atoms with Gasteiger partial charge in [0.25, 0.3) is 0 Å². The molecule has 7 heteroatoms. The van der Waals surface area contributed by atoms with Gasteiger partial charge in [-0.2, -0.15) is 0 Å². The summed E-state index contributed by atoms with van der Waals surface area (Å²) in [7, 11) is 0. The number of nitrogens with zero attached hydrogens (tertiary/aromatic N) is 1. The molecule has 0 bridgehead atoms. The van der Waals surface area contributed by atoms with Gasteiger partial charge in [0.2, 0.25) is 0 Å². The molecule has 128 valence electrons. The molecule has 0 amide bonds. The van der Waals surface area contributed by atoms with Gasteiger partial charge in [0, 0.05) is 6.42 Å². The minimum Gasteiger partial charge on any atom is -0.486 e. The Bertz CT molecular complexity index is 691. The van der Waals surface area contributed by atoms with E-state index in [0.717, 1.165) is 6.42 Å². The van der Waals surface area contributed by atoms with Gasteiger partial charge in [-0.3, -0.25) is 4.98 Å². The second-order valence-electron chi connectivity index (χ2n) is 5.67. The highest BCUT2D eigenvalue weighted by molar-refractivity contribution is 6.42. The molecule has 1 aliphatic heterocycles. The lowest BCUT2D eigenvalue weighted by Gasteiger charge is -2.20. The van der Waals surface area contributed by atoms with E-state index in [1.165, 1.54) is 0 Å². The molecule has 3 rings (SSSR count). The summed E-state index contributed by atoms with van der Waals surface area (Å²) in [6, 6.07) is 7.84. The van der Waals surface area contributed by atoms with Crippen LogP contribution in [0.3, 0.4) is 0 Å². The third kappa shape index (κ3) is 3.99. The maximum atomic E-state index is 10.5. The molecule has 3 N–H and O–H groups in total. The number of hydrogen-bond donors (Lipinski definition) is 2. The predicted octanol–water partition coefficient (Wildman–Crippen LogP) is 3.29. The molecule has 24 heavy (non-hydrogen) atoms. The van der Waals surface area contributed by atoms with E-state index in [1.54, 1.807) is 36.5 Å². The lowest BCUT2D eigenvalue weighted by molar-refractivity contribution is 0.137. The fraction of sp³-hybridized carbons (Fsp3) is 0.353. The van der Waals surface area contributed by atoms with Crippen molar-refractivity contribution in [2.45, 2.75) is 24.7 Å². The first-order valence-corrected chi connectivity index (χ1v) is 8.39. The number of aliphatic hydroxyl groups excluding tert-OH is 1. The molecule has 5 nitrogen and oxygen atoms in total. The van der Waals surface area contributed by atoms with Crippen molar-refractivity contribution in [3.63, 3.8) is 0 Å². The maximum Gasteiger partial charge on any atom is 0.138 e. The largest absolute Gasteiger partial charge is 0.486 e. The molecule has 0 radical (unpaired) electrons. The van der Waals surface area contributed by atoms with E-state index in [-0.39, 0.29) is 6.10 Å². The van der Waals surface area contributed by atoms with E-state index < -0.39 is 12.1 Å². The van der Waals surface area contributed by atoms with Crippen LogP contribution in [0.25, 0.3) is 0 Å². The molecule has 1 fully saturated rings. The van der Waals surface area contributed by atoms with Gasteiger partial charge < -0.3 is 20.3 Å². The molecule has 3 atom stereocenters. The molecule has 0 saturated carbocycles. The first-order valence-electron chi connectivity index (χ1n) is 7.63. The number of aliphatic hydroxyl groups is 1. The summed E-state index contributed by atoms with van der Waals surface area (Å²) >= 11 is 11.9. The van der Waals surface area contributed by atoms with Crippen molar-refractivity contribution in [1.82, 2.24) is 4.98 Å². The Balaban J connectivity index is 1.69. The Labute approximate surface area is 150 Å². The van der Waals surface area contributed by atoms with E-state index in [4.69, 9.17) is 38.4 Å². The third-order valence-electron chi connectivity index (χ3n) is 3.92. The molecule has 0 aliphatic carbocycles. The highest BCUT2D eigenvalue weighted by Gasteiger charge is 2.22. The van der Waals surface area contributed by atoms with Gasteiger partial charge in [-0.05, 0) is 29.8 Å². The fourth-order valence-electron chi connectivity index (χ4n) is 2.52. The van der Waals surface area contributed by atoms with Crippen LogP contribution in [0, 0.1) is 0 Å². The van der Waals surface area contributed by atoms with Crippen molar-refractivity contribution in [2.24, 2.45) is 5.73 Å². The molecule has 1 aromatic carbocycles. The zero-order valence-corrected chi connectivity index (χ0v) is 14.4. The summed E-state index contributed by atoms with van der Waals surface area (Å²) < 4.78 is 11.0. The Kier molecular flexibility index (Phi) is 5.58. The number of pyridine rings is 1. The molecule has 0 spiro atoms. The highest BCUT2D eigenvalue weighted by Crippen LogP contribution is 2.30. The number of aromatic nitrogens is 1. The topological polar surface area (TPSA) is 77.6 Å². The fourth-order valence-corrected chi connectivity index (χ4v) is 2.83. The smallest absolute Gasteiger partial charge is 0.138 e. The maximum absolute atomic E-state index is 10.5. The van der Waals surface area contributed by atoms with Gasteiger partial charge in [0.1, 0.15) is 18.0 Å². The predicted molar refractivity (Wildman–Crippen MR) is 92.4 cm³/mol. The van der Waals surface area contributed by atoms with Crippen LogP contribution in [0.4, 0.5) is 0 Å². The summed E-state index contributed by atoms with van der Waals surface area (Å²) in [5.41, 5.74) is 7.26. The van der Waals surface area contributed by atoms with Gasteiger partial charge in [-0.1, -0.05) is 29.3 Å². The summed E-state index contributed by atoms with van der Waals surface area (Å²) in [4.78, 5) is 4.25. The zero-order chi connectivity index (χ0) is 17.1. The number of hydrogen-bond acceptors (Lipinski definition) is 5. The molecule has 2 aromatic rings. The van der Waals surface area contributed by atoms with Crippen molar-refractivity contribution < 1.29 is 14.6 Å². The second-order valence-corrected chi connectivity index (χ2v) is 6.48. The van der Waals surface area contributed by atoms with Crippen LogP contribution in [0.1, 0.15) is 29.8 Å². The molecule has 1 aromatic heterocycles. The molecule has 1 saturated heterocycles. The SMILES string of the molecule is N[C@@H](c1ccc(Cl)c(Cl)c1)[C@@H](O)c1ccc(OC2CCOC2)cn1. The normalized spacial score (nSPS) is 19.9. The summed E-state index contributed by atoms with van der Waals surface area (Å²) in [5, 5.41) is 11.3. The minimum absolute atomic E-state index is 0.0565. The average Bonchev–Trinajstić information content (AvgIpc) is 3.10. The van der Waals surface area contributed by atoms with Crippen LogP contribution in [0.2, 0.25) is 10.0 Å². The van der Waals surface area contributed by atoms with Crippen LogP contribution in [-0.4, -0.2) is 29.4 Å². The molecule has 1 unspecified atom stereocenters. The van der Waals surface area contributed by atoms with Gasteiger partial charge in [0.05, 0.1) is 41.2 Å². The summed E-state index contributed by atoms with van der Waals surface area (Å²) in [6.45, 7) is 1.31. The molecular weight excluding hydrogens is 351 g/mol. The summed E-state index contributed by atoms with van der Waals surface area (Å²) in [6.07, 6.45) is 1.54. The van der Waals surface area contributed by atoms with E-state index in [1.807, 2.05) is 0 Å². The first-order chi connectivity index (χ1) is 11.5. The van der Waals surface area contributed by atoms with Gasteiger partial charge in [0.15, 0.2) is 0 Å². The number of benzene rings is 1. The van der Waals surface area contributed by atoms with Crippen molar-refractivity contribution in [3.05, 3.63) is 57.8 Å². The average molecular weight is 369 g/mol. The minimum atomic E-state index is -0.967. The van der Waals surface area contributed by atoms with Crippen LogP contribution in [0.15, 0.2) is 36.5 Å². The van der Waals surface area contributed by atoms with Gasteiger partial charge >= 0.3 is 0 Å². The standard InChI is InChI=1S/C17H18Cl2N2O3/c18-13-3-1-10(7-14(13)19)16(20)17(22)15-4-2-11(8-21-15)24-12-5-6-23-9-12/h1-4,7-8,12,16-17,22H,5-6,9,20H2/t12?,16-,17-/m0/s1. The van der Waals surface area contributed by atoms with E-state index in [0.29, 0.717) is 40.3 Å². The first kappa shape index (κ1) is 17.5. The van der Waals surface area contributed by atoms with E-state index >= 15 is 0 Å². The quantitative estimate of drug-likeness (QED) is 0.846. The number of nitrogens with two attached hydrogens (primary N) is 1. The van der Waals surface area contributed by atoms with Gasteiger partial charge in [-0.15, -0.1) is 0 Å². The van der Waals surface area contributed by atoms with Crippen LogP contribution in [-0.2, 0) is 4.74 Å². The Hall–Kier alpha value is -1.37. The lowest BCUT2D eigenvalue weighted by Crippen LogP contribution is -2.20. The monoisotopic (exact) mass is 368 g/mol. The van der Waals surface area contributed by atoms with Crippen molar-refractivity contribution >= 4 is 23.2 Å². The zero-order valence-electron chi connectivity index (χ0n) is 12.9. The second kappa shape index (κ2) is 7.68. The number of halogens is 2. The highest BCUT2D eigenvalue weighted by atomic mass is 35.5. The Morgan fingerprint density at radius 2 is 2.08 bits per heavy atom. The Morgan fingerprint density at radius 3 is 2.71 bits per heavy atom. The number of rotatable bonds is 5. The number of ether oxygens (including phenoxy) is 2. The third-order valence-corrected chi connectivity index (χ3v) is 4.66.